The normalized spacial score (nSPS) is 20.1. The number of rotatable bonds is 5. The van der Waals surface area contributed by atoms with Crippen LogP contribution in [0, 0.1) is 0 Å². The Kier molecular flexibility index (Phi) is 5.81. The Morgan fingerprint density at radius 2 is 2.03 bits per heavy atom. The van der Waals surface area contributed by atoms with Gasteiger partial charge >= 0.3 is 6.18 Å². The van der Waals surface area contributed by atoms with Gasteiger partial charge in [0.05, 0.1) is 18.0 Å². The number of halogens is 3. The fourth-order valence-electron chi connectivity index (χ4n) is 3.72. The van der Waals surface area contributed by atoms with Crippen LogP contribution in [0.2, 0.25) is 0 Å². The highest BCUT2D eigenvalue weighted by Gasteiger charge is 2.32. The smallest absolute Gasteiger partial charge is 0.351 e. The zero-order valence-corrected chi connectivity index (χ0v) is 18.2. The van der Waals surface area contributed by atoms with E-state index in [1.807, 2.05) is 11.8 Å². The molecule has 0 spiro atoms. The summed E-state index contributed by atoms with van der Waals surface area (Å²) in [6.07, 6.45) is 0.588. The molecule has 1 aliphatic heterocycles. The van der Waals surface area contributed by atoms with Gasteiger partial charge in [-0.25, -0.2) is 28.1 Å². The number of aromatic nitrogens is 4. The SMILES string of the molecule is C[C@H]1[C@H](CNS(C)(=O)=O)NCCN1c1ccnc(-c2cnc3ccc(C(F)(F)F)cn23)n1. The Balaban J connectivity index is 1.64. The van der Waals surface area contributed by atoms with Crippen molar-refractivity contribution in [3.05, 3.63) is 42.4 Å². The van der Waals surface area contributed by atoms with Crippen LogP contribution < -0.4 is 14.9 Å². The van der Waals surface area contributed by atoms with E-state index in [1.165, 1.54) is 16.7 Å². The Morgan fingerprint density at radius 3 is 2.75 bits per heavy atom. The summed E-state index contributed by atoms with van der Waals surface area (Å²) >= 11 is 0. The lowest BCUT2D eigenvalue weighted by atomic mass is 10.1. The molecule has 2 N–H and O–H groups in total. The molecule has 1 aliphatic rings. The molecule has 4 heterocycles. The second kappa shape index (κ2) is 8.30. The first kappa shape index (κ1) is 22.4. The lowest BCUT2D eigenvalue weighted by molar-refractivity contribution is -0.137. The third-order valence-corrected chi connectivity index (χ3v) is 6.09. The van der Waals surface area contributed by atoms with Crippen molar-refractivity contribution < 1.29 is 21.6 Å². The standard InChI is InChI=1S/C19H22F3N7O2S/c1-12-14(9-26-32(2,30)31)23-7-8-28(12)17-5-6-24-18(27-17)15-10-25-16-4-3-13(11-29(15)16)19(20,21)22/h3-6,10-12,14,23,26H,7-9H2,1-2H3/t12-,14-/m0/s1. The number of hydrogen-bond donors (Lipinski definition) is 2. The number of nitrogens with zero attached hydrogens (tertiary/aromatic N) is 5. The molecule has 1 saturated heterocycles. The third kappa shape index (κ3) is 4.69. The van der Waals surface area contributed by atoms with Crippen LogP contribution in [0.4, 0.5) is 19.0 Å². The highest BCUT2D eigenvalue weighted by molar-refractivity contribution is 7.88. The van der Waals surface area contributed by atoms with Gasteiger partial charge in [-0.15, -0.1) is 0 Å². The van der Waals surface area contributed by atoms with Crippen LogP contribution in [0.15, 0.2) is 36.8 Å². The number of sulfonamides is 1. The van der Waals surface area contributed by atoms with Crippen LogP contribution >= 0.6 is 0 Å². The molecular formula is C19H22F3N7O2S. The maximum absolute atomic E-state index is 13.2. The minimum Gasteiger partial charge on any atom is -0.351 e. The largest absolute Gasteiger partial charge is 0.417 e. The second-order valence-corrected chi connectivity index (χ2v) is 9.47. The first-order valence-electron chi connectivity index (χ1n) is 9.85. The van der Waals surface area contributed by atoms with Crippen molar-refractivity contribution in [2.24, 2.45) is 0 Å². The molecule has 9 nitrogen and oxygen atoms in total. The predicted octanol–water partition coefficient (Wildman–Crippen LogP) is 1.53. The van der Waals surface area contributed by atoms with Crippen LogP contribution in [-0.2, 0) is 16.2 Å². The van der Waals surface area contributed by atoms with Crippen LogP contribution in [0.25, 0.3) is 17.2 Å². The summed E-state index contributed by atoms with van der Waals surface area (Å²) in [5.74, 6) is 0.834. The zero-order chi connectivity index (χ0) is 23.1. The molecule has 3 aromatic rings. The van der Waals surface area contributed by atoms with Crippen molar-refractivity contribution in [1.29, 1.82) is 0 Å². The van der Waals surface area contributed by atoms with Crippen LogP contribution in [0.3, 0.4) is 0 Å². The molecule has 0 saturated carbocycles. The molecule has 0 aromatic carbocycles. The van der Waals surface area contributed by atoms with Crippen molar-refractivity contribution in [2.75, 3.05) is 30.8 Å². The summed E-state index contributed by atoms with van der Waals surface area (Å²) in [5, 5.41) is 3.30. The van der Waals surface area contributed by atoms with Crippen molar-refractivity contribution in [1.82, 2.24) is 29.4 Å². The van der Waals surface area contributed by atoms with Crippen LogP contribution in [0.1, 0.15) is 12.5 Å². The number of hydrogen-bond acceptors (Lipinski definition) is 7. The van der Waals surface area contributed by atoms with Crippen LogP contribution in [0.5, 0.6) is 0 Å². The van der Waals surface area contributed by atoms with E-state index < -0.39 is 21.8 Å². The van der Waals surface area contributed by atoms with Gasteiger partial charge in [0.1, 0.15) is 17.2 Å². The first-order chi connectivity index (χ1) is 15.0. The molecule has 3 aromatic heterocycles. The topological polar surface area (TPSA) is 105 Å². The molecule has 0 amide bonds. The Morgan fingerprint density at radius 1 is 1.25 bits per heavy atom. The lowest BCUT2D eigenvalue weighted by Gasteiger charge is -2.40. The highest BCUT2D eigenvalue weighted by Crippen LogP contribution is 2.30. The Hall–Kier alpha value is -2.77. The van der Waals surface area contributed by atoms with Crippen molar-refractivity contribution in [2.45, 2.75) is 25.2 Å². The van der Waals surface area contributed by atoms with Crippen molar-refractivity contribution in [3.8, 4) is 11.5 Å². The molecule has 2 atom stereocenters. The molecule has 172 valence electrons. The van der Waals surface area contributed by atoms with Gasteiger partial charge in [-0.2, -0.15) is 13.2 Å². The number of alkyl halides is 3. The summed E-state index contributed by atoms with van der Waals surface area (Å²) < 4.78 is 66.2. The van der Waals surface area contributed by atoms with E-state index in [-0.39, 0.29) is 24.5 Å². The van der Waals surface area contributed by atoms with Gasteiger partial charge in [0.2, 0.25) is 10.0 Å². The summed E-state index contributed by atoms with van der Waals surface area (Å²) in [6.45, 7) is 3.41. The molecule has 32 heavy (non-hydrogen) atoms. The van der Waals surface area contributed by atoms with E-state index in [1.54, 1.807) is 12.3 Å². The van der Waals surface area contributed by atoms with Crippen molar-refractivity contribution >= 4 is 21.5 Å². The lowest BCUT2D eigenvalue weighted by Crippen LogP contribution is -2.60. The van der Waals surface area contributed by atoms with Gasteiger partial charge in [-0.1, -0.05) is 0 Å². The monoisotopic (exact) mass is 469 g/mol. The molecule has 0 unspecified atom stereocenters. The van der Waals surface area contributed by atoms with E-state index in [9.17, 15) is 21.6 Å². The number of pyridine rings is 1. The second-order valence-electron chi connectivity index (χ2n) is 7.64. The quantitative estimate of drug-likeness (QED) is 0.584. The summed E-state index contributed by atoms with van der Waals surface area (Å²) in [4.78, 5) is 15.0. The number of fused-ring (bicyclic) bond motifs is 1. The minimum absolute atomic E-state index is 0.0974. The zero-order valence-electron chi connectivity index (χ0n) is 17.3. The Bertz CT molecular complexity index is 1230. The van der Waals surface area contributed by atoms with E-state index in [0.717, 1.165) is 18.5 Å². The molecule has 13 heteroatoms. The average molecular weight is 469 g/mol. The average Bonchev–Trinajstić information content (AvgIpc) is 3.15. The molecule has 0 radical (unpaired) electrons. The Labute approximate surface area is 182 Å². The van der Waals surface area contributed by atoms with Gasteiger partial charge in [0.15, 0.2) is 5.82 Å². The highest BCUT2D eigenvalue weighted by atomic mass is 32.2. The molecule has 0 bridgehead atoms. The molecular weight excluding hydrogens is 447 g/mol. The number of imidazole rings is 1. The van der Waals surface area contributed by atoms with Gasteiger partial charge in [0, 0.05) is 44.1 Å². The van der Waals surface area contributed by atoms with Crippen molar-refractivity contribution in [3.63, 3.8) is 0 Å². The van der Waals surface area contributed by atoms with Gasteiger partial charge in [-0.05, 0) is 25.1 Å². The first-order valence-corrected chi connectivity index (χ1v) is 11.7. The fraction of sp³-hybridized carbons (Fsp3) is 0.421. The predicted molar refractivity (Wildman–Crippen MR) is 113 cm³/mol. The van der Waals surface area contributed by atoms with Crippen LogP contribution in [-0.4, -0.2) is 65.7 Å². The number of piperazine rings is 1. The molecule has 0 aliphatic carbocycles. The van der Waals surface area contributed by atoms with E-state index >= 15 is 0 Å². The maximum atomic E-state index is 13.2. The van der Waals surface area contributed by atoms with E-state index in [0.29, 0.717) is 30.2 Å². The third-order valence-electron chi connectivity index (χ3n) is 5.40. The number of anilines is 1. The molecule has 4 rings (SSSR count). The number of nitrogens with one attached hydrogen (secondary N) is 2. The summed E-state index contributed by atoms with van der Waals surface area (Å²) in [6, 6.07) is 3.75. The molecule has 1 fully saturated rings. The van der Waals surface area contributed by atoms with Gasteiger partial charge < -0.3 is 10.2 Å². The van der Waals surface area contributed by atoms with Gasteiger partial charge in [0.25, 0.3) is 0 Å². The summed E-state index contributed by atoms with van der Waals surface area (Å²) in [7, 11) is -3.32. The van der Waals surface area contributed by atoms with Gasteiger partial charge in [-0.3, -0.25) is 4.40 Å². The maximum Gasteiger partial charge on any atom is 0.417 e. The fourth-order valence-corrected chi connectivity index (χ4v) is 4.20. The van der Waals surface area contributed by atoms with E-state index in [4.69, 9.17) is 0 Å². The van der Waals surface area contributed by atoms with E-state index in [2.05, 4.69) is 25.0 Å². The summed E-state index contributed by atoms with van der Waals surface area (Å²) in [5.41, 5.74) is -0.104. The minimum atomic E-state index is -4.48.